The third-order valence-electron chi connectivity index (χ3n) is 12.1. The van der Waals surface area contributed by atoms with E-state index in [-0.39, 0.29) is 41.9 Å². The van der Waals surface area contributed by atoms with E-state index in [0.29, 0.717) is 25.2 Å². The summed E-state index contributed by atoms with van der Waals surface area (Å²) in [6.07, 6.45) is 6.46. The number of likely N-dealkylation sites (tertiary alicyclic amines) is 2. The Hall–Kier alpha value is -6.18. The predicted molar refractivity (Wildman–Crippen MR) is 217 cm³/mol. The molecule has 14 heteroatoms. The number of nitrogens with one attached hydrogen (secondary N) is 4. The van der Waals surface area contributed by atoms with E-state index in [1.165, 1.54) is 14.2 Å². The van der Waals surface area contributed by atoms with Crippen LogP contribution in [0.2, 0.25) is 0 Å². The van der Waals surface area contributed by atoms with E-state index in [1.54, 1.807) is 0 Å². The molecule has 58 heavy (non-hydrogen) atoms. The number of imidazole rings is 1. The number of benzene rings is 3. The van der Waals surface area contributed by atoms with Crippen LogP contribution in [0.1, 0.15) is 80.0 Å². The number of methoxy groups -OCH3 is 2. The van der Waals surface area contributed by atoms with Gasteiger partial charge in [0.2, 0.25) is 5.91 Å². The van der Waals surface area contributed by atoms with E-state index in [2.05, 4.69) is 69.5 Å². The molecule has 0 radical (unpaired) electrons. The molecule has 1 saturated carbocycles. The van der Waals surface area contributed by atoms with Gasteiger partial charge in [0.05, 0.1) is 56.7 Å². The normalized spacial score (nSPS) is 23.2. The summed E-state index contributed by atoms with van der Waals surface area (Å²) in [4.78, 5) is 68.6. The Bertz CT molecular complexity index is 2140. The summed E-state index contributed by atoms with van der Waals surface area (Å²) in [5.74, 6) is 1.21. The number of rotatable bonds is 10. The molecular weight excluding hydrogens is 737 g/mol. The second-order valence-electron chi connectivity index (χ2n) is 15.4. The molecule has 3 aromatic carbocycles. The van der Waals surface area contributed by atoms with Gasteiger partial charge in [0, 0.05) is 19.1 Å². The van der Waals surface area contributed by atoms with Gasteiger partial charge in [0.25, 0.3) is 5.91 Å². The number of carbonyl (C=O) groups is 4. The lowest BCUT2D eigenvalue weighted by Crippen LogP contribution is -2.49. The van der Waals surface area contributed by atoms with Crippen molar-refractivity contribution in [1.29, 1.82) is 0 Å². The van der Waals surface area contributed by atoms with E-state index in [4.69, 9.17) is 19.5 Å². The second-order valence-corrected chi connectivity index (χ2v) is 15.4. The molecule has 4 heterocycles. The molecule has 6 atom stereocenters. The molecule has 4 amide bonds. The molecule has 8 rings (SSSR count). The Labute approximate surface area is 337 Å². The maximum Gasteiger partial charge on any atom is 0.407 e. The van der Waals surface area contributed by atoms with E-state index >= 15 is 0 Å². The number of amidine groups is 1. The van der Waals surface area contributed by atoms with Gasteiger partial charge in [-0.25, -0.2) is 14.6 Å². The quantitative estimate of drug-likeness (QED) is 0.150. The maximum absolute atomic E-state index is 13.9. The number of aromatic nitrogens is 2. The minimum atomic E-state index is -0.861. The van der Waals surface area contributed by atoms with Crippen LogP contribution in [0.5, 0.6) is 0 Å². The molecule has 14 nitrogen and oxygen atoms in total. The first-order chi connectivity index (χ1) is 28.3. The number of ether oxygens (including phenoxy) is 2. The Kier molecular flexibility index (Phi) is 11.4. The van der Waals surface area contributed by atoms with Crippen LogP contribution in [0, 0.1) is 5.92 Å². The van der Waals surface area contributed by atoms with Crippen LogP contribution in [0.15, 0.2) is 90.1 Å². The van der Waals surface area contributed by atoms with Gasteiger partial charge in [-0.2, -0.15) is 0 Å². The summed E-state index contributed by atoms with van der Waals surface area (Å²) >= 11 is 0. The van der Waals surface area contributed by atoms with Crippen LogP contribution in [0.3, 0.4) is 0 Å². The zero-order chi connectivity index (χ0) is 40.2. The van der Waals surface area contributed by atoms with Crippen LogP contribution in [0.4, 0.5) is 9.59 Å². The van der Waals surface area contributed by atoms with Crippen molar-refractivity contribution in [2.45, 2.75) is 75.2 Å². The average Bonchev–Trinajstić information content (AvgIpc) is 4.12. The molecule has 4 aromatic rings. The molecule has 302 valence electrons. The zero-order valence-electron chi connectivity index (χ0n) is 32.9. The highest BCUT2D eigenvalue weighted by Gasteiger charge is 2.42. The fourth-order valence-corrected chi connectivity index (χ4v) is 9.01. The minimum Gasteiger partial charge on any atom is -0.453 e. The van der Waals surface area contributed by atoms with E-state index in [1.807, 2.05) is 46.3 Å². The predicted octanol–water partition coefficient (Wildman–Crippen LogP) is 6.06. The fourth-order valence-electron chi connectivity index (χ4n) is 9.01. The zero-order valence-corrected chi connectivity index (χ0v) is 32.9. The highest BCUT2D eigenvalue weighted by Crippen LogP contribution is 2.37. The van der Waals surface area contributed by atoms with Gasteiger partial charge < -0.3 is 40.2 Å². The Morgan fingerprint density at radius 3 is 2.16 bits per heavy atom. The first-order valence-corrected chi connectivity index (χ1v) is 20.2. The Balaban J connectivity index is 0.883. The number of aliphatic imine (C=N–C) groups is 1. The number of carbonyl (C=O) groups excluding carboxylic acids is 4. The number of alkyl carbamates (subject to hydrolysis) is 2. The molecule has 2 saturated heterocycles. The third-order valence-corrected chi connectivity index (χ3v) is 12.1. The van der Waals surface area contributed by atoms with Gasteiger partial charge >= 0.3 is 12.2 Å². The number of aromatic amines is 1. The largest absolute Gasteiger partial charge is 0.453 e. The number of H-pyrrole nitrogens is 1. The summed E-state index contributed by atoms with van der Waals surface area (Å²) in [6, 6.07) is 24.6. The second kappa shape index (κ2) is 17.1. The highest BCUT2D eigenvalue weighted by molar-refractivity contribution is 5.95. The van der Waals surface area contributed by atoms with Gasteiger partial charge in [-0.3, -0.25) is 14.6 Å². The molecule has 3 aliphatic heterocycles. The number of hydrogen-bond acceptors (Lipinski definition) is 9. The molecule has 1 aromatic heterocycles. The van der Waals surface area contributed by atoms with Crippen molar-refractivity contribution in [2.24, 2.45) is 10.9 Å². The number of amides is 4. The van der Waals surface area contributed by atoms with Gasteiger partial charge in [-0.15, -0.1) is 0 Å². The van der Waals surface area contributed by atoms with Gasteiger partial charge in [0.1, 0.15) is 17.7 Å². The van der Waals surface area contributed by atoms with Gasteiger partial charge in [-0.1, -0.05) is 85.3 Å². The van der Waals surface area contributed by atoms with Crippen molar-refractivity contribution in [3.63, 3.8) is 0 Å². The lowest BCUT2D eigenvalue weighted by molar-refractivity contribution is -0.137. The van der Waals surface area contributed by atoms with Crippen molar-refractivity contribution in [1.82, 2.24) is 35.7 Å². The van der Waals surface area contributed by atoms with E-state index < -0.39 is 18.2 Å². The third kappa shape index (κ3) is 8.00. The fraction of sp³-hybridized carbons (Fsp3) is 0.409. The van der Waals surface area contributed by atoms with Crippen LogP contribution in [0.25, 0.3) is 22.4 Å². The van der Waals surface area contributed by atoms with E-state index in [9.17, 15) is 19.2 Å². The highest BCUT2D eigenvalue weighted by atomic mass is 16.5. The smallest absolute Gasteiger partial charge is 0.407 e. The SMILES string of the molecule is COC(=O)N[C@@H](C(=O)N1CCC[C@H]1C1=NCC(c2ccc(-c3ccc(-c4cnc([C@@H]5CCCN5C(=O)[C@@H]5CCC[C@H]5NC(=O)OC)[nH]4)cc3)cc2)N1)c1ccccc1. The first kappa shape index (κ1) is 38.7. The molecule has 3 fully saturated rings. The summed E-state index contributed by atoms with van der Waals surface area (Å²) in [5.41, 5.74) is 5.87. The van der Waals surface area contributed by atoms with Gasteiger partial charge in [-0.05, 0) is 66.3 Å². The molecule has 4 aliphatic rings. The van der Waals surface area contributed by atoms with Crippen LogP contribution >= 0.6 is 0 Å². The van der Waals surface area contributed by atoms with Crippen molar-refractivity contribution in [3.05, 3.63) is 102 Å². The summed E-state index contributed by atoms with van der Waals surface area (Å²) in [6.45, 7) is 1.82. The maximum atomic E-state index is 13.9. The lowest BCUT2D eigenvalue weighted by Gasteiger charge is -2.30. The Morgan fingerprint density at radius 2 is 1.43 bits per heavy atom. The minimum absolute atomic E-state index is 0.0149. The molecule has 1 aliphatic carbocycles. The van der Waals surface area contributed by atoms with Crippen molar-refractivity contribution in [2.75, 3.05) is 33.9 Å². The van der Waals surface area contributed by atoms with Crippen LogP contribution in [-0.2, 0) is 19.1 Å². The number of nitrogens with zero attached hydrogens (tertiary/aromatic N) is 4. The summed E-state index contributed by atoms with van der Waals surface area (Å²) < 4.78 is 9.63. The van der Waals surface area contributed by atoms with Crippen LogP contribution < -0.4 is 16.0 Å². The lowest BCUT2D eigenvalue weighted by atomic mass is 9.99. The Morgan fingerprint density at radius 1 is 0.759 bits per heavy atom. The van der Waals surface area contributed by atoms with Gasteiger partial charge in [0.15, 0.2) is 0 Å². The standard InChI is InChI=1S/C44H50N8O6/c1-57-43(55)49-33-12-6-11-32(33)41(53)51-23-7-13-36(51)39-45-25-34(47-39)29-19-15-27(16-20-29)28-17-21-30(22-18-28)35-26-46-40(48-35)37-14-8-24-52(37)42(54)38(50-44(56)58-2)31-9-4-3-5-10-31/h3-5,9-10,15-22,25,32-33,35-38H,6-8,11-14,23-24,26H2,1-2H3,(H,45,47)(H,46,48)(H,49,55)(H,50,56)/t32-,33-,35?,36+,37+,38-/m1/s1. The molecule has 4 N–H and O–H groups in total. The molecule has 0 bridgehead atoms. The summed E-state index contributed by atoms with van der Waals surface area (Å²) in [5, 5.41) is 9.18. The number of hydrogen-bond donors (Lipinski definition) is 4. The molecule has 1 unspecified atom stereocenters. The molecule has 0 spiro atoms. The van der Waals surface area contributed by atoms with Crippen molar-refractivity contribution < 1.29 is 28.7 Å². The topological polar surface area (TPSA) is 170 Å². The van der Waals surface area contributed by atoms with Crippen molar-refractivity contribution >= 4 is 29.8 Å². The monoisotopic (exact) mass is 786 g/mol. The first-order valence-electron chi connectivity index (χ1n) is 20.2. The van der Waals surface area contributed by atoms with Crippen molar-refractivity contribution in [3.8, 4) is 22.4 Å². The summed E-state index contributed by atoms with van der Waals surface area (Å²) in [7, 11) is 2.63. The van der Waals surface area contributed by atoms with Crippen LogP contribution in [-0.4, -0.2) is 95.5 Å². The van der Waals surface area contributed by atoms with E-state index in [0.717, 1.165) is 84.6 Å². The molecular formula is C44H50N8O6. The average molecular weight is 787 g/mol.